The van der Waals surface area contributed by atoms with E-state index in [0.29, 0.717) is 0 Å². The van der Waals surface area contributed by atoms with Gasteiger partial charge in [0.15, 0.2) is 0 Å². The van der Waals surface area contributed by atoms with E-state index in [2.05, 4.69) is 170 Å². The van der Waals surface area contributed by atoms with Crippen molar-refractivity contribution in [2.75, 3.05) is 0 Å². The Labute approximate surface area is 370 Å². The van der Waals surface area contributed by atoms with Gasteiger partial charge in [0.2, 0.25) is 0 Å². The summed E-state index contributed by atoms with van der Waals surface area (Å²) in [6, 6.07) is 55.5. The number of benzene rings is 6. The first kappa shape index (κ1) is 45.6. The molecule has 6 aromatic carbocycles. The smallest absolute Gasteiger partial charge is 0.418 e. The first-order chi connectivity index (χ1) is 28.9. The van der Waals surface area contributed by atoms with Gasteiger partial charge in [0.1, 0.15) is 0 Å². The zero-order valence-corrected chi connectivity index (χ0v) is 38.2. The molecule has 311 valence electrons. The van der Waals surface area contributed by atoms with Gasteiger partial charge in [-0.15, -0.1) is 0 Å². The SMILES string of the molecule is C1=C\CC/C=C\CC/1.F[B-](F)(F)F.[Ir].c1ccc(P(c2ccccc2)c2ccc3c(c2-c2c(P(c4ccccc4)c4ccccc4)ccc4c2CCCC4)CCCC3)cc1. The standard InChI is InChI=1S/C44H40P2.C8H12.BF4.Ir/c1-5-19-35(20-6-1)45(36-21-7-2-8-22-36)41-31-29-33-17-13-15-27-39(33)43(41)44-40-28-16-14-18-34(40)30-32-42(44)46(37-23-9-3-10-24-37)38-25-11-4-12-26-38;1-2-4-6-8-7-5-3-1;2-1(3,4)5;/h1-12,19-26,29-32H,13-18,27-28H2;1-2,7-8H,3-6H2;;/q;;-1;/b;2-1-,8-7-;;. The maximum atomic E-state index is 9.75. The van der Waals surface area contributed by atoms with Gasteiger partial charge in [-0.1, -0.05) is 170 Å². The van der Waals surface area contributed by atoms with Crippen LogP contribution in [0.25, 0.3) is 11.1 Å². The molecule has 9 rings (SSSR count). The Morgan fingerprint density at radius 3 is 0.900 bits per heavy atom. The molecule has 0 N–H and O–H groups in total. The van der Waals surface area contributed by atoms with Gasteiger partial charge in [0.25, 0.3) is 0 Å². The van der Waals surface area contributed by atoms with Crippen LogP contribution >= 0.6 is 15.8 Å². The van der Waals surface area contributed by atoms with Crippen LogP contribution in [0, 0.1) is 0 Å². The average Bonchev–Trinajstić information content (AvgIpc) is 3.25. The monoisotopic (exact) mass is 1020 g/mol. The summed E-state index contributed by atoms with van der Waals surface area (Å²) in [6.07, 6.45) is 23.8. The molecule has 0 saturated heterocycles. The normalized spacial score (nSPS) is 15.6. The Hall–Kier alpha value is -3.91. The Morgan fingerprint density at radius 2 is 0.617 bits per heavy atom. The molecular weight excluding hydrogens is 966 g/mol. The summed E-state index contributed by atoms with van der Waals surface area (Å²) in [5.74, 6) is 0. The fourth-order valence-electron chi connectivity index (χ4n) is 8.58. The van der Waals surface area contributed by atoms with E-state index in [1.54, 1.807) is 33.4 Å². The molecular formula is C52H52BF4IrP2-. The summed E-state index contributed by atoms with van der Waals surface area (Å²) in [7, 11) is -7.50. The minimum atomic E-state index is -6.00. The minimum absolute atomic E-state index is 0. The van der Waals surface area contributed by atoms with E-state index in [0.717, 1.165) is 0 Å². The molecule has 60 heavy (non-hydrogen) atoms. The summed E-state index contributed by atoms with van der Waals surface area (Å²) in [5, 5.41) is 8.79. The molecule has 6 aromatic rings. The van der Waals surface area contributed by atoms with Crippen molar-refractivity contribution in [2.24, 2.45) is 0 Å². The van der Waals surface area contributed by atoms with Gasteiger partial charge >= 0.3 is 7.25 Å². The van der Waals surface area contributed by atoms with Crippen LogP contribution < -0.4 is 31.8 Å². The molecule has 0 spiro atoms. The van der Waals surface area contributed by atoms with Gasteiger partial charge in [0, 0.05) is 20.1 Å². The molecule has 3 aliphatic rings. The molecule has 1 radical (unpaired) electrons. The van der Waals surface area contributed by atoms with Crippen molar-refractivity contribution in [3.8, 4) is 11.1 Å². The van der Waals surface area contributed by atoms with Crippen molar-refractivity contribution in [3.63, 3.8) is 0 Å². The van der Waals surface area contributed by atoms with E-state index in [-0.39, 0.29) is 20.1 Å². The van der Waals surface area contributed by atoms with Gasteiger partial charge in [-0.2, -0.15) is 0 Å². The molecule has 0 unspecified atom stereocenters. The van der Waals surface area contributed by atoms with Gasteiger partial charge in [-0.05, 0) is 158 Å². The number of hydrogen-bond acceptors (Lipinski definition) is 0. The number of halogens is 4. The first-order valence-electron chi connectivity index (χ1n) is 21.1. The third-order valence-electron chi connectivity index (χ3n) is 11.1. The number of hydrogen-bond donors (Lipinski definition) is 0. The number of aryl methyl sites for hydroxylation is 2. The van der Waals surface area contributed by atoms with Crippen molar-refractivity contribution in [2.45, 2.75) is 77.0 Å². The Morgan fingerprint density at radius 1 is 0.350 bits per heavy atom. The van der Waals surface area contributed by atoms with Crippen LogP contribution in [0.2, 0.25) is 0 Å². The quantitative estimate of drug-likeness (QED) is 0.0647. The van der Waals surface area contributed by atoms with Crippen molar-refractivity contribution in [3.05, 3.63) is 192 Å². The molecule has 0 bridgehead atoms. The van der Waals surface area contributed by atoms with Crippen molar-refractivity contribution in [1.82, 2.24) is 0 Å². The van der Waals surface area contributed by atoms with Gasteiger partial charge in [0.05, 0.1) is 0 Å². The number of allylic oxidation sites excluding steroid dienone is 4. The zero-order chi connectivity index (χ0) is 40.9. The van der Waals surface area contributed by atoms with E-state index in [1.165, 1.54) is 109 Å². The van der Waals surface area contributed by atoms with Crippen molar-refractivity contribution >= 4 is 54.9 Å². The van der Waals surface area contributed by atoms with Crippen molar-refractivity contribution in [1.29, 1.82) is 0 Å². The second-order valence-electron chi connectivity index (χ2n) is 15.2. The van der Waals surface area contributed by atoms with Gasteiger partial charge < -0.3 is 17.3 Å². The fourth-order valence-corrected chi connectivity index (χ4v) is 13.6. The molecule has 0 atom stereocenters. The minimum Gasteiger partial charge on any atom is -0.418 e. The van der Waals surface area contributed by atoms with Gasteiger partial charge in [-0.3, -0.25) is 0 Å². The Bertz CT molecular complexity index is 2040. The zero-order valence-electron chi connectivity index (χ0n) is 34.0. The van der Waals surface area contributed by atoms with E-state index >= 15 is 0 Å². The van der Waals surface area contributed by atoms with Crippen LogP contribution in [0.4, 0.5) is 17.3 Å². The molecule has 8 heteroatoms. The van der Waals surface area contributed by atoms with Crippen LogP contribution in [0.5, 0.6) is 0 Å². The van der Waals surface area contributed by atoms with Gasteiger partial charge in [-0.25, -0.2) is 0 Å². The maximum absolute atomic E-state index is 9.75. The topological polar surface area (TPSA) is 0 Å². The van der Waals surface area contributed by atoms with Crippen LogP contribution in [0.15, 0.2) is 170 Å². The maximum Gasteiger partial charge on any atom is 0.673 e. The molecule has 0 aliphatic heterocycles. The summed E-state index contributed by atoms with van der Waals surface area (Å²) in [5.41, 5.74) is 9.54. The van der Waals surface area contributed by atoms with Crippen LogP contribution in [0.1, 0.15) is 73.6 Å². The van der Waals surface area contributed by atoms with Crippen LogP contribution in [-0.2, 0) is 45.8 Å². The summed E-state index contributed by atoms with van der Waals surface area (Å²) in [4.78, 5) is 0. The third kappa shape index (κ3) is 12.1. The molecule has 3 aliphatic carbocycles. The van der Waals surface area contributed by atoms with Crippen LogP contribution in [-0.4, -0.2) is 7.25 Å². The molecule has 0 saturated carbocycles. The number of fused-ring (bicyclic) bond motifs is 2. The van der Waals surface area contributed by atoms with E-state index in [9.17, 15) is 17.3 Å². The van der Waals surface area contributed by atoms with Crippen molar-refractivity contribution < 1.29 is 37.4 Å². The molecule has 0 nitrogen and oxygen atoms in total. The fraction of sp³-hybridized carbons (Fsp3) is 0.231. The second-order valence-corrected chi connectivity index (χ2v) is 19.6. The predicted octanol–water partition coefficient (Wildman–Crippen LogP) is 12.6. The summed E-state index contributed by atoms with van der Waals surface area (Å²) < 4.78 is 39.0. The molecule has 0 amide bonds. The number of rotatable bonds is 7. The molecule has 0 aromatic heterocycles. The van der Waals surface area contributed by atoms with Crippen LogP contribution in [0.3, 0.4) is 0 Å². The Kier molecular flexibility index (Phi) is 17.3. The van der Waals surface area contributed by atoms with E-state index < -0.39 is 23.1 Å². The molecule has 0 fully saturated rings. The first-order valence-corrected chi connectivity index (χ1v) is 23.8. The average molecular weight is 1020 g/mol. The predicted molar refractivity (Wildman–Crippen MR) is 250 cm³/mol. The second kappa shape index (κ2) is 22.8. The third-order valence-corrected chi connectivity index (χ3v) is 16.1. The largest absolute Gasteiger partial charge is 0.673 e. The molecule has 0 heterocycles. The van der Waals surface area contributed by atoms with E-state index in [1.807, 2.05) is 0 Å². The summed E-state index contributed by atoms with van der Waals surface area (Å²) >= 11 is 0. The Balaban J connectivity index is 0.000000373. The summed E-state index contributed by atoms with van der Waals surface area (Å²) in [6.45, 7) is 0. The van der Waals surface area contributed by atoms with E-state index in [4.69, 9.17) is 0 Å².